The molecule has 0 radical (unpaired) electrons. The highest BCUT2D eigenvalue weighted by molar-refractivity contribution is 5.91. The molecule has 3 heteroatoms. The standard InChI is InChI=1S/C10H11FO2/c1-3-13-10(12)9-7(2)5-4-6-8(9)11/h4-6H,3H2,1-2H3. The maximum absolute atomic E-state index is 13.1. The van der Waals surface area contributed by atoms with Gasteiger partial charge in [-0.05, 0) is 25.5 Å². The maximum Gasteiger partial charge on any atom is 0.341 e. The van der Waals surface area contributed by atoms with Crippen molar-refractivity contribution >= 4 is 5.97 Å². The molecule has 1 aromatic carbocycles. The van der Waals surface area contributed by atoms with Gasteiger partial charge in [0.2, 0.25) is 0 Å². The zero-order valence-corrected chi connectivity index (χ0v) is 7.63. The Labute approximate surface area is 76.3 Å². The van der Waals surface area contributed by atoms with Crippen LogP contribution in [0.25, 0.3) is 0 Å². The van der Waals surface area contributed by atoms with E-state index in [-0.39, 0.29) is 12.2 Å². The lowest BCUT2D eigenvalue weighted by molar-refractivity contribution is 0.0520. The molecule has 0 saturated carbocycles. The highest BCUT2D eigenvalue weighted by atomic mass is 19.1. The second-order valence-electron chi connectivity index (χ2n) is 2.65. The summed E-state index contributed by atoms with van der Waals surface area (Å²) in [6, 6.07) is 4.49. The van der Waals surface area contributed by atoms with E-state index in [1.165, 1.54) is 6.07 Å². The number of ether oxygens (including phenoxy) is 1. The van der Waals surface area contributed by atoms with Crippen molar-refractivity contribution in [1.29, 1.82) is 0 Å². The second-order valence-corrected chi connectivity index (χ2v) is 2.65. The summed E-state index contributed by atoms with van der Waals surface area (Å²) >= 11 is 0. The van der Waals surface area contributed by atoms with Crippen molar-refractivity contribution in [2.24, 2.45) is 0 Å². The third-order valence-electron chi connectivity index (χ3n) is 1.70. The average molecular weight is 182 g/mol. The van der Waals surface area contributed by atoms with Gasteiger partial charge in [0.25, 0.3) is 0 Å². The fourth-order valence-electron chi connectivity index (χ4n) is 1.09. The molecule has 0 unspecified atom stereocenters. The van der Waals surface area contributed by atoms with Crippen LogP contribution in [0.15, 0.2) is 18.2 Å². The Balaban J connectivity index is 3.05. The van der Waals surface area contributed by atoms with Crippen molar-refractivity contribution in [2.75, 3.05) is 6.61 Å². The summed E-state index contributed by atoms with van der Waals surface area (Å²) in [5.74, 6) is -1.13. The molecule has 2 nitrogen and oxygen atoms in total. The monoisotopic (exact) mass is 182 g/mol. The van der Waals surface area contributed by atoms with E-state index < -0.39 is 11.8 Å². The smallest absolute Gasteiger partial charge is 0.341 e. The molecule has 0 bridgehead atoms. The first-order valence-electron chi connectivity index (χ1n) is 4.09. The van der Waals surface area contributed by atoms with Gasteiger partial charge in [-0.2, -0.15) is 0 Å². The summed E-state index contributed by atoms with van der Waals surface area (Å²) in [5, 5.41) is 0. The van der Waals surface area contributed by atoms with Crippen molar-refractivity contribution in [3.63, 3.8) is 0 Å². The molecule has 70 valence electrons. The minimum atomic E-state index is -0.599. The van der Waals surface area contributed by atoms with E-state index >= 15 is 0 Å². The predicted molar refractivity (Wildman–Crippen MR) is 47.1 cm³/mol. The van der Waals surface area contributed by atoms with Crippen LogP contribution in [0.4, 0.5) is 4.39 Å². The molecule has 0 atom stereocenters. The first kappa shape index (κ1) is 9.71. The molecule has 0 aromatic heterocycles. The predicted octanol–water partition coefficient (Wildman–Crippen LogP) is 2.31. The third kappa shape index (κ3) is 2.05. The third-order valence-corrected chi connectivity index (χ3v) is 1.70. The van der Waals surface area contributed by atoms with Gasteiger partial charge in [0.15, 0.2) is 0 Å². The van der Waals surface area contributed by atoms with Crippen molar-refractivity contribution in [3.8, 4) is 0 Å². The van der Waals surface area contributed by atoms with E-state index in [0.29, 0.717) is 5.56 Å². The van der Waals surface area contributed by atoms with Gasteiger partial charge in [0.05, 0.1) is 12.2 Å². The minimum Gasteiger partial charge on any atom is -0.462 e. The Morgan fingerprint density at radius 2 is 2.23 bits per heavy atom. The van der Waals surface area contributed by atoms with E-state index in [0.717, 1.165) is 0 Å². The molecular formula is C10H11FO2. The summed E-state index contributed by atoms with van der Waals surface area (Å²) in [6.45, 7) is 3.62. The molecule has 0 amide bonds. The Bertz CT molecular complexity index is 300. The van der Waals surface area contributed by atoms with E-state index in [1.807, 2.05) is 0 Å². The molecule has 0 heterocycles. The first-order chi connectivity index (χ1) is 6.16. The van der Waals surface area contributed by atoms with Crippen molar-refractivity contribution < 1.29 is 13.9 Å². The maximum atomic E-state index is 13.1. The molecule has 0 aliphatic heterocycles. The molecule has 0 fully saturated rings. The normalized spacial score (nSPS) is 9.77. The lowest BCUT2D eigenvalue weighted by Crippen LogP contribution is -2.09. The van der Waals surface area contributed by atoms with Gasteiger partial charge in [0, 0.05) is 0 Å². The fraction of sp³-hybridized carbons (Fsp3) is 0.300. The van der Waals surface area contributed by atoms with Crippen LogP contribution >= 0.6 is 0 Å². The topological polar surface area (TPSA) is 26.3 Å². The molecule has 0 saturated heterocycles. The summed E-state index contributed by atoms with van der Waals surface area (Å²) in [4.78, 5) is 11.2. The molecule has 0 spiro atoms. The highest BCUT2D eigenvalue weighted by Crippen LogP contribution is 2.13. The molecular weight excluding hydrogens is 171 g/mol. The van der Waals surface area contributed by atoms with Gasteiger partial charge in [0.1, 0.15) is 5.82 Å². The Morgan fingerprint density at radius 1 is 1.54 bits per heavy atom. The van der Waals surface area contributed by atoms with Crippen LogP contribution in [0, 0.1) is 12.7 Å². The zero-order valence-electron chi connectivity index (χ0n) is 7.63. The lowest BCUT2D eigenvalue weighted by Gasteiger charge is -2.05. The molecule has 13 heavy (non-hydrogen) atoms. The van der Waals surface area contributed by atoms with Crippen LogP contribution in [0.1, 0.15) is 22.8 Å². The first-order valence-corrected chi connectivity index (χ1v) is 4.09. The summed E-state index contributed by atoms with van der Waals surface area (Å²) in [5.41, 5.74) is 0.628. The van der Waals surface area contributed by atoms with Gasteiger partial charge in [-0.3, -0.25) is 0 Å². The number of halogens is 1. The summed E-state index contributed by atoms with van der Waals surface area (Å²) < 4.78 is 17.8. The van der Waals surface area contributed by atoms with Crippen LogP contribution < -0.4 is 0 Å². The van der Waals surface area contributed by atoms with Gasteiger partial charge in [-0.15, -0.1) is 0 Å². The highest BCUT2D eigenvalue weighted by Gasteiger charge is 2.14. The molecule has 0 aliphatic rings. The van der Waals surface area contributed by atoms with E-state index in [9.17, 15) is 9.18 Å². The molecule has 1 rings (SSSR count). The lowest BCUT2D eigenvalue weighted by atomic mass is 10.1. The van der Waals surface area contributed by atoms with Gasteiger partial charge < -0.3 is 4.74 Å². The quantitative estimate of drug-likeness (QED) is 0.656. The number of rotatable bonds is 2. The van der Waals surface area contributed by atoms with Crippen LogP contribution in [0.3, 0.4) is 0 Å². The molecule has 0 N–H and O–H groups in total. The molecule has 0 aliphatic carbocycles. The number of hydrogen-bond donors (Lipinski definition) is 0. The van der Waals surface area contributed by atoms with Crippen LogP contribution in [0.2, 0.25) is 0 Å². The number of esters is 1. The Kier molecular flexibility index (Phi) is 3.01. The van der Waals surface area contributed by atoms with Crippen LogP contribution in [-0.4, -0.2) is 12.6 Å². The number of carbonyl (C=O) groups excluding carboxylic acids is 1. The van der Waals surface area contributed by atoms with Gasteiger partial charge >= 0.3 is 5.97 Å². The second kappa shape index (κ2) is 4.03. The van der Waals surface area contributed by atoms with Crippen LogP contribution in [-0.2, 0) is 4.74 Å². The summed E-state index contributed by atoms with van der Waals surface area (Å²) in [7, 11) is 0. The Hall–Kier alpha value is -1.38. The number of hydrogen-bond acceptors (Lipinski definition) is 2. The van der Waals surface area contributed by atoms with Crippen molar-refractivity contribution in [3.05, 3.63) is 35.1 Å². The largest absolute Gasteiger partial charge is 0.462 e. The van der Waals surface area contributed by atoms with Crippen molar-refractivity contribution in [1.82, 2.24) is 0 Å². The average Bonchev–Trinajstić information content (AvgIpc) is 2.04. The number of benzene rings is 1. The van der Waals surface area contributed by atoms with Gasteiger partial charge in [-0.1, -0.05) is 12.1 Å². The van der Waals surface area contributed by atoms with E-state index in [1.54, 1.807) is 26.0 Å². The van der Waals surface area contributed by atoms with Crippen molar-refractivity contribution in [2.45, 2.75) is 13.8 Å². The van der Waals surface area contributed by atoms with E-state index in [4.69, 9.17) is 4.74 Å². The minimum absolute atomic E-state index is 0.0318. The number of carbonyl (C=O) groups is 1. The molecule has 1 aromatic rings. The number of aryl methyl sites for hydroxylation is 1. The Morgan fingerprint density at radius 3 is 2.77 bits per heavy atom. The van der Waals surface area contributed by atoms with E-state index in [2.05, 4.69) is 0 Å². The summed E-state index contributed by atoms with van der Waals surface area (Å²) in [6.07, 6.45) is 0. The fourth-order valence-corrected chi connectivity index (χ4v) is 1.09. The zero-order chi connectivity index (χ0) is 9.84. The van der Waals surface area contributed by atoms with Gasteiger partial charge in [-0.25, -0.2) is 9.18 Å². The SMILES string of the molecule is CCOC(=O)c1c(C)cccc1F. The van der Waals surface area contributed by atoms with Crippen LogP contribution in [0.5, 0.6) is 0 Å².